The van der Waals surface area contributed by atoms with Crippen LogP contribution in [0.15, 0.2) is 60.0 Å². The Kier molecular flexibility index (Phi) is 3.13. The summed E-state index contributed by atoms with van der Waals surface area (Å²) >= 11 is 1.80. The Bertz CT molecular complexity index is 642. The monoisotopic (exact) mass is 253 g/mol. The lowest BCUT2D eigenvalue weighted by Gasteiger charge is -2.12. The van der Waals surface area contributed by atoms with E-state index < -0.39 is 0 Å². The maximum atomic E-state index is 6.29. The van der Waals surface area contributed by atoms with Crippen molar-refractivity contribution in [3.05, 3.63) is 71.1 Å². The first-order valence-corrected chi connectivity index (χ1v) is 6.98. The third-order valence-corrected chi connectivity index (χ3v) is 4.23. The van der Waals surface area contributed by atoms with Crippen LogP contribution in [0.2, 0.25) is 0 Å². The zero-order valence-electron chi connectivity index (χ0n) is 10.0. The zero-order chi connectivity index (χ0) is 12.4. The first-order valence-electron chi connectivity index (χ1n) is 6.10. The van der Waals surface area contributed by atoms with Crippen molar-refractivity contribution in [2.45, 2.75) is 12.5 Å². The van der Waals surface area contributed by atoms with E-state index in [2.05, 4.69) is 41.8 Å². The number of nitrogens with two attached hydrogens (primary N) is 1. The van der Waals surface area contributed by atoms with E-state index >= 15 is 0 Å². The lowest BCUT2D eigenvalue weighted by atomic mass is 9.99. The first kappa shape index (κ1) is 11.5. The molecule has 1 heterocycles. The van der Waals surface area contributed by atoms with Crippen LogP contribution in [-0.2, 0) is 6.42 Å². The minimum Gasteiger partial charge on any atom is -0.324 e. The van der Waals surface area contributed by atoms with E-state index in [-0.39, 0.29) is 6.04 Å². The summed E-state index contributed by atoms with van der Waals surface area (Å²) in [6, 6.07) is 19.0. The van der Waals surface area contributed by atoms with Gasteiger partial charge in [-0.3, -0.25) is 0 Å². The van der Waals surface area contributed by atoms with Gasteiger partial charge in [0.15, 0.2) is 0 Å². The van der Waals surface area contributed by atoms with Gasteiger partial charge >= 0.3 is 0 Å². The van der Waals surface area contributed by atoms with Gasteiger partial charge in [0.2, 0.25) is 0 Å². The third-order valence-electron chi connectivity index (χ3n) is 3.23. The normalized spacial score (nSPS) is 12.7. The van der Waals surface area contributed by atoms with E-state index in [0.717, 1.165) is 6.42 Å². The summed E-state index contributed by atoms with van der Waals surface area (Å²) in [6.45, 7) is 0. The van der Waals surface area contributed by atoms with Crippen molar-refractivity contribution in [2.75, 3.05) is 0 Å². The second kappa shape index (κ2) is 4.92. The van der Waals surface area contributed by atoms with Gasteiger partial charge in [-0.1, -0.05) is 48.5 Å². The third kappa shape index (κ3) is 2.17. The lowest BCUT2D eigenvalue weighted by molar-refractivity contribution is 0.726. The maximum Gasteiger partial charge on any atom is 0.0375 e. The fourth-order valence-corrected chi connectivity index (χ4v) is 3.20. The van der Waals surface area contributed by atoms with Gasteiger partial charge in [-0.15, -0.1) is 11.3 Å². The predicted molar refractivity (Wildman–Crippen MR) is 78.9 cm³/mol. The van der Waals surface area contributed by atoms with Crippen LogP contribution in [0.1, 0.15) is 17.2 Å². The molecule has 1 unspecified atom stereocenters. The smallest absolute Gasteiger partial charge is 0.0375 e. The molecule has 2 N–H and O–H groups in total. The molecule has 0 radical (unpaired) electrons. The molecule has 90 valence electrons. The van der Waals surface area contributed by atoms with Crippen LogP contribution in [0.4, 0.5) is 0 Å². The largest absolute Gasteiger partial charge is 0.324 e. The minimum atomic E-state index is 0.0684. The second-order valence-corrected chi connectivity index (χ2v) is 5.39. The number of benzene rings is 2. The average molecular weight is 253 g/mol. The molecule has 0 amide bonds. The summed E-state index contributed by atoms with van der Waals surface area (Å²) in [5.41, 5.74) is 8.84. The Morgan fingerprint density at radius 1 is 0.944 bits per heavy atom. The molecular formula is C16H15NS. The maximum absolute atomic E-state index is 6.29. The summed E-state index contributed by atoms with van der Waals surface area (Å²) in [4.78, 5) is 0. The van der Waals surface area contributed by atoms with Gasteiger partial charge in [0.25, 0.3) is 0 Å². The van der Waals surface area contributed by atoms with E-state index in [0.29, 0.717) is 0 Å². The first-order chi connectivity index (χ1) is 8.84. The molecule has 2 heteroatoms. The van der Waals surface area contributed by atoms with Gasteiger partial charge < -0.3 is 5.73 Å². The standard InChI is InChI=1S/C16H15NS/c17-15(12-5-2-1-3-6-12)11-14-8-4-7-13-9-10-18-16(13)14/h1-10,15H,11,17H2. The van der Waals surface area contributed by atoms with Crippen molar-refractivity contribution in [1.82, 2.24) is 0 Å². The predicted octanol–water partition coefficient (Wildman–Crippen LogP) is 4.14. The van der Waals surface area contributed by atoms with E-state index in [1.54, 1.807) is 11.3 Å². The Balaban J connectivity index is 1.91. The molecule has 0 saturated heterocycles. The Morgan fingerprint density at radius 2 is 1.78 bits per heavy atom. The quantitative estimate of drug-likeness (QED) is 0.745. The summed E-state index contributed by atoms with van der Waals surface area (Å²) in [5, 5.41) is 3.46. The molecule has 0 fully saturated rings. The average Bonchev–Trinajstić information content (AvgIpc) is 2.89. The Hall–Kier alpha value is -1.64. The zero-order valence-corrected chi connectivity index (χ0v) is 10.9. The molecule has 0 aliphatic carbocycles. The van der Waals surface area contributed by atoms with Crippen molar-refractivity contribution >= 4 is 21.4 Å². The molecule has 1 atom stereocenters. The Morgan fingerprint density at radius 3 is 2.61 bits per heavy atom. The van der Waals surface area contributed by atoms with E-state index in [1.165, 1.54) is 21.2 Å². The molecule has 3 aromatic rings. The molecule has 18 heavy (non-hydrogen) atoms. The van der Waals surface area contributed by atoms with Gasteiger partial charge in [-0.25, -0.2) is 0 Å². The highest BCUT2D eigenvalue weighted by atomic mass is 32.1. The van der Waals surface area contributed by atoms with E-state index in [1.807, 2.05) is 18.2 Å². The highest BCUT2D eigenvalue weighted by Crippen LogP contribution is 2.27. The van der Waals surface area contributed by atoms with Crippen LogP contribution in [-0.4, -0.2) is 0 Å². The fraction of sp³-hybridized carbons (Fsp3) is 0.125. The number of hydrogen-bond acceptors (Lipinski definition) is 2. The number of hydrogen-bond donors (Lipinski definition) is 1. The van der Waals surface area contributed by atoms with E-state index in [4.69, 9.17) is 5.73 Å². The van der Waals surface area contributed by atoms with Gasteiger partial charge in [-0.05, 0) is 34.4 Å². The molecule has 0 aliphatic rings. The van der Waals surface area contributed by atoms with Crippen molar-refractivity contribution in [2.24, 2.45) is 5.73 Å². The molecule has 1 aromatic heterocycles. The molecule has 0 saturated carbocycles. The molecule has 3 rings (SSSR count). The van der Waals surface area contributed by atoms with Crippen LogP contribution in [0.3, 0.4) is 0 Å². The van der Waals surface area contributed by atoms with Crippen LogP contribution in [0, 0.1) is 0 Å². The summed E-state index contributed by atoms with van der Waals surface area (Å²) in [6.07, 6.45) is 0.891. The van der Waals surface area contributed by atoms with E-state index in [9.17, 15) is 0 Å². The molecule has 2 aromatic carbocycles. The summed E-state index contributed by atoms with van der Waals surface area (Å²) in [7, 11) is 0. The topological polar surface area (TPSA) is 26.0 Å². The molecule has 0 aliphatic heterocycles. The van der Waals surface area contributed by atoms with Crippen LogP contribution in [0.25, 0.3) is 10.1 Å². The number of fused-ring (bicyclic) bond motifs is 1. The van der Waals surface area contributed by atoms with Crippen molar-refractivity contribution in [3.63, 3.8) is 0 Å². The van der Waals surface area contributed by atoms with Crippen LogP contribution >= 0.6 is 11.3 Å². The van der Waals surface area contributed by atoms with Crippen molar-refractivity contribution in [1.29, 1.82) is 0 Å². The molecular weight excluding hydrogens is 238 g/mol. The van der Waals surface area contributed by atoms with Gasteiger partial charge in [0.1, 0.15) is 0 Å². The molecule has 0 spiro atoms. The van der Waals surface area contributed by atoms with Gasteiger partial charge in [0.05, 0.1) is 0 Å². The summed E-state index contributed by atoms with van der Waals surface area (Å²) < 4.78 is 1.36. The highest BCUT2D eigenvalue weighted by Gasteiger charge is 2.09. The van der Waals surface area contributed by atoms with Crippen LogP contribution < -0.4 is 5.73 Å². The fourth-order valence-electron chi connectivity index (χ4n) is 2.27. The molecule has 1 nitrogen and oxygen atoms in total. The minimum absolute atomic E-state index is 0.0684. The number of rotatable bonds is 3. The van der Waals surface area contributed by atoms with Gasteiger partial charge in [-0.2, -0.15) is 0 Å². The highest BCUT2D eigenvalue weighted by molar-refractivity contribution is 7.17. The lowest BCUT2D eigenvalue weighted by Crippen LogP contribution is -2.13. The van der Waals surface area contributed by atoms with Crippen LogP contribution in [0.5, 0.6) is 0 Å². The SMILES string of the molecule is NC(Cc1cccc2ccsc12)c1ccccc1. The second-order valence-electron chi connectivity index (χ2n) is 4.48. The number of thiophene rings is 1. The Labute approximate surface area is 111 Å². The molecule has 0 bridgehead atoms. The van der Waals surface area contributed by atoms with Crippen molar-refractivity contribution in [3.8, 4) is 0 Å². The van der Waals surface area contributed by atoms with Crippen molar-refractivity contribution < 1.29 is 0 Å². The van der Waals surface area contributed by atoms with Gasteiger partial charge in [0, 0.05) is 10.7 Å². The summed E-state index contributed by atoms with van der Waals surface area (Å²) in [5.74, 6) is 0.